The van der Waals surface area contributed by atoms with Gasteiger partial charge in [-0.2, -0.15) is 0 Å². The monoisotopic (exact) mass is 429 g/mol. The van der Waals surface area contributed by atoms with E-state index in [-0.39, 0.29) is 5.41 Å². The summed E-state index contributed by atoms with van der Waals surface area (Å²) in [5.41, 5.74) is 6.86. The van der Waals surface area contributed by atoms with Gasteiger partial charge in [-0.05, 0) is 60.3 Å². The van der Waals surface area contributed by atoms with E-state index in [0.717, 1.165) is 55.3 Å². The van der Waals surface area contributed by atoms with Gasteiger partial charge in [0.05, 0.1) is 12.8 Å². The van der Waals surface area contributed by atoms with Gasteiger partial charge >= 0.3 is 0 Å². The molecule has 1 N–H and O–H groups in total. The minimum Gasteiger partial charge on any atom is -0.497 e. The number of benzene rings is 2. The number of anilines is 3. The van der Waals surface area contributed by atoms with Crippen molar-refractivity contribution in [3.8, 4) is 17.0 Å². The molecule has 1 fully saturated rings. The highest BCUT2D eigenvalue weighted by Crippen LogP contribution is 2.43. The number of nitrogens with zero attached hydrogens (tertiary/aromatic N) is 4. The second-order valence-electron chi connectivity index (χ2n) is 9.51. The van der Waals surface area contributed by atoms with Gasteiger partial charge in [-0.15, -0.1) is 0 Å². The first-order valence-electron chi connectivity index (χ1n) is 11.3. The van der Waals surface area contributed by atoms with E-state index < -0.39 is 0 Å². The standard InChI is InChI=1S/C26H31N5O/c1-26(2)16-18-17-27-25(29-24(18)22-15-21(32-4)8-9-23(22)26)28-19-6-5-7-20(14-19)31-12-10-30(3)11-13-31/h5-9,14-15,17H,10-13,16H2,1-4H3,(H,27,28,29). The molecule has 166 valence electrons. The summed E-state index contributed by atoms with van der Waals surface area (Å²) >= 11 is 0. The van der Waals surface area contributed by atoms with Crippen LogP contribution in [0, 0.1) is 0 Å². The lowest BCUT2D eigenvalue weighted by molar-refractivity contribution is 0.313. The highest BCUT2D eigenvalue weighted by Gasteiger charge is 2.32. The molecule has 0 atom stereocenters. The molecule has 1 aromatic heterocycles. The van der Waals surface area contributed by atoms with Crippen LogP contribution in [0.2, 0.25) is 0 Å². The molecule has 0 radical (unpaired) electrons. The number of likely N-dealkylation sites (N-methyl/N-ethyl adjacent to an activating group) is 1. The van der Waals surface area contributed by atoms with Crippen molar-refractivity contribution >= 4 is 17.3 Å². The van der Waals surface area contributed by atoms with Gasteiger partial charge in [0.25, 0.3) is 0 Å². The molecule has 0 spiro atoms. The highest BCUT2D eigenvalue weighted by molar-refractivity contribution is 5.74. The maximum absolute atomic E-state index is 5.50. The van der Waals surface area contributed by atoms with Crippen LogP contribution in [0.15, 0.2) is 48.7 Å². The minimum absolute atomic E-state index is 0.0315. The Morgan fingerprint density at radius 1 is 1.03 bits per heavy atom. The van der Waals surface area contributed by atoms with Crippen molar-refractivity contribution < 1.29 is 4.74 Å². The summed E-state index contributed by atoms with van der Waals surface area (Å²) in [4.78, 5) is 14.4. The van der Waals surface area contributed by atoms with Crippen molar-refractivity contribution in [3.05, 3.63) is 59.8 Å². The Labute approximate surface area is 190 Å². The predicted molar refractivity (Wildman–Crippen MR) is 130 cm³/mol. The molecule has 6 heteroatoms. The van der Waals surface area contributed by atoms with Crippen molar-refractivity contribution in [2.75, 3.05) is 50.6 Å². The van der Waals surface area contributed by atoms with Crippen LogP contribution in [0.5, 0.6) is 5.75 Å². The van der Waals surface area contributed by atoms with Gasteiger partial charge in [0.2, 0.25) is 5.95 Å². The maximum Gasteiger partial charge on any atom is 0.227 e. The SMILES string of the molecule is COc1ccc2c(c1)-c1nc(Nc3cccc(N4CCN(C)CC4)c3)ncc1CC2(C)C. The second-order valence-corrected chi connectivity index (χ2v) is 9.51. The van der Waals surface area contributed by atoms with Crippen LogP contribution in [0.25, 0.3) is 11.3 Å². The van der Waals surface area contributed by atoms with Crippen LogP contribution in [-0.4, -0.2) is 55.2 Å². The summed E-state index contributed by atoms with van der Waals surface area (Å²) in [6.07, 6.45) is 2.89. The summed E-state index contributed by atoms with van der Waals surface area (Å²) < 4.78 is 5.50. The number of methoxy groups -OCH3 is 1. The Bertz CT molecular complexity index is 1130. The zero-order valence-electron chi connectivity index (χ0n) is 19.4. The van der Waals surface area contributed by atoms with E-state index in [9.17, 15) is 0 Å². The molecule has 32 heavy (non-hydrogen) atoms. The second kappa shape index (κ2) is 8.10. The normalized spacial score (nSPS) is 17.4. The molecule has 1 aliphatic carbocycles. The molecule has 3 aromatic rings. The number of hydrogen-bond acceptors (Lipinski definition) is 6. The van der Waals surface area contributed by atoms with E-state index in [4.69, 9.17) is 9.72 Å². The van der Waals surface area contributed by atoms with Gasteiger partial charge in [0.1, 0.15) is 5.75 Å². The Morgan fingerprint density at radius 3 is 2.62 bits per heavy atom. The third-order valence-corrected chi connectivity index (χ3v) is 6.68. The summed E-state index contributed by atoms with van der Waals surface area (Å²) in [7, 11) is 3.88. The summed E-state index contributed by atoms with van der Waals surface area (Å²) in [6, 6.07) is 14.8. The molecule has 0 unspecified atom stereocenters. The van der Waals surface area contributed by atoms with Crippen molar-refractivity contribution in [2.24, 2.45) is 0 Å². The zero-order valence-corrected chi connectivity index (χ0v) is 19.4. The molecule has 0 amide bonds. The van der Waals surface area contributed by atoms with E-state index in [1.165, 1.54) is 16.8 Å². The summed E-state index contributed by atoms with van der Waals surface area (Å²) in [5.74, 6) is 1.47. The van der Waals surface area contributed by atoms with Gasteiger partial charge in [-0.25, -0.2) is 9.97 Å². The fourth-order valence-electron chi connectivity index (χ4n) is 4.81. The number of piperazine rings is 1. The first-order valence-corrected chi connectivity index (χ1v) is 11.3. The lowest BCUT2D eigenvalue weighted by Crippen LogP contribution is -2.44. The average molecular weight is 430 g/mol. The van der Waals surface area contributed by atoms with Crippen LogP contribution in [0.3, 0.4) is 0 Å². The minimum atomic E-state index is 0.0315. The smallest absolute Gasteiger partial charge is 0.227 e. The Kier molecular flexibility index (Phi) is 5.25. The number of rotatable bonds is 4. The molecule has 2 heterocycles. The lowest BCUT2D eigenvalue weighted by Gasteiger charge is -2.34. The molecule has 1 saturated heterocycles. The molecule has 5 rings (SSSR count). The van der Waals surface area contributed by atoms with Gasteiger partial charge in [0.15, 0.2) is 0 Å². The Morgan fingerprint density at radius 2 is 1.84 bits per heavy atom. The first-order chi connectivity index (χ1) is 15.4. The number of nitrogens with one attached hydrogen (secondary N) is 1. The van der Waals surface area contributed by atoms with Crippen LogP contribution >= 0.6 is 0 Å². The predicted octanol–water partition coefficient (Wildman–Crippen LogP) is 4.48. The van der Waals surface area contributed by atoms with E-state index in [2.05, 4.69) is 77.4 Å². The molecule has 0 saturated carbocycles. The van der Waals surface area contributed by atoms with Gasteiger partial charge in [-0.3, -0.25) is 0 Å². The molecule has 2 aromatic carbocycles. The van der Waals surface area contributed by atoms with Crippen LogP contribution in [0.4, 0.5) is 17.3 Å². The van der Waals surface area contributed by atoms with Crippen molar-refractivity contribution in [1.29, 1.82) is 0 Å². The van der Waals surface area contributed by atoms with Crippen LogP contribution < -0.4 is 15.0 Å². The van der Waals surface area contributed by atoms with Gasteiger partial charge < -0.3 is 19.9 Å². The summed E-state index contributed by atoms with van der Waals surface area (Å²) in [6.45, 7) is 8.82. The topological polar surface area (TPSA) is 53.5 Å². The zero-order chi connectivity index (χ0) is 22.3. The van der Waals surface area contributed by atoms with E-state index in [1.54, 1.807) is 7.11 Å². The van der Waals surface area contributed by atoms with E-state index in [1.807, 2.05) is 12.3 Å². The Balaban J connectivity index is 1.45. The third kappa shape index (κ3) is 3.91. The number of hydrogen-bond donors (Lipinski definition) is 1. The molecule has 6 nitrogen and oxygen atoms in total. The molecule has 0 bridgehead atoms. The van der Waals surface area contributed by atoms with Crippen molar-refractivity contribution in [1.82, 2.24) is 14.9 Å². The fraction of sp³-hybridized carbons (Fsp3) is 0.385. The third-order valence-electron chi connectivity index (χ3n) is 6.68. The largest absolute Gasteiger partial charge is 0.497 e. The van der Waals surface area contributed by atoms with Crippen molar-refractivity contribution in [2.45, 2.75) is 25.7 Å². The summed E-state index contributed by atoms with van der Waals surface area (Å²) in [5, 5.41) is 3.43. The number of ether oxygens (including phenoxy) is 1. The quantitative estimate of drug-likeness (QED) is 0.660. The lowest BCUT2D eigenvalue weighted by atomic mass is 9.72. The highest BCUT2D eigenvalue weighted by atomic mass is 16.5. The number of aromatic nitrogens is 2. The Hall–Kier alpha value is -3.12. The molecular formula is C26H31N5O. The van der Waals surface area contributed by atoms with E-state index in [0.29, 0.717) is 5.95 Å². The molecular weight excluding hydrogens is 398 g/mol. The average Bonchev–Trinajstić information content (AvgIpc) is 2.80. The first kappa shape index (κ1) is 20.8. The molecule has 1 aliphatic heterocycles. The maximum atomic E-state index is 5.50. The van der Waals surface area contributed by atoms with E-state index >= 15 is 0 Å². The van der Waals surface area contributed by atoms with Crippen molar-refractivity contribution in [3.63, 3.8) is 0 Å². The van der Waals surface area contributed by atoms with Crippen LogP contribution in [0.1, 0.15) is 25.0 Å². The van der Waals surface area contributed by atoms with Gasteiger partial charge in [-0.1, -0.05) is 26.0 Å². The number of fused-ring (bicyclic) bond motifs is 3. The van der Waals surface area contributed by atoms with Gasteiger partial charge in [0, 0.05) is 49.3 Å². The van der Waals surface area contributed by atoms with Crippen LogP contribution in [-0.2, 0) is 11.8 Å². The molecule has 2 aliphatic rings. The fourth-order valence-corrected chi connectivity index (χ4v) is 4.81.